The van der Waals surface area contributed by atoms with E-state index in [1.165, 1.54) is 30.5 Å². The Hall–Kier alpha value is -1.06. The lowest BCUT2D eigenvalue weighted by atomic mass is 9.78. The van der Waals surface area contributed by atoms with Crippen LogP contribution in [0.4, 0.5) is 5.69 Å². The maximum absolute atomic E-state index is 5.45. The Kier molecular flexibility index (Phi) is 4.58. The molecule has 1 aromatic carbocycles. The van der Waals surface area contributed by atoms with E-state index in [-0.39, 0.29) is 0 Å². The van der Waals surface area contributed by atoms with Crippen LogP contribution in [0.5, 0.6) is 0 Å². The summed E-state index contributed by atoms with van der Waals surface area (Å²) in [5.41, 5.74) is 2.81. The molecule has 0 atom stereocenters. The molecule has 2 fully saturated rings. The fraction of sp³-hybridized carbons (Fsp3) is 0.647. The van der Waals surface area contributed by atoms with Gasteiger partial charge in [0.25, 0.3) is 0 Å². The molecular formula is C17H26N2O. The van der Waals surface area contributed by atoms with Crippen LogP contribution < -0.4 is 10.2 Å². The molecule has 3 heteroatoms. The van der Waals surface area contributed by atoms with Crippen molar-refractivity contribution in [2.24, 2.45) is 5.92 Å². The monoisotopic (exact) mass is 274 g/mol. The Morgan fingerprint density at radius 1 is 1.20 bits per heavy atom. The first kappa shape index (κ1) is 13.9. The van der Waals surface area contributed by atoms with Crippen molar-refractivity contribution in [3.05, 3.63) is 29.8 Å². The van der Waals surface area contributed by atoms with Gasteiger partial charge in [-0.2, -0.15) is 0 Å². The minimum absolute atomic E-state index is 0.734. The maximum atomic E-state index is 5.45. The molecule has 0 bridgehead atoms. The molecule has 0 aromatic heterocycles. The molecule has 3 nitrogen and oxygen atoms in total. The first-order valence-corrected chi connectivity index (χ1v) is 8.00. The summed E-state index contributed by atoms with van der Waals surface area (Å²) in [6, 6.07) is 9.53. The van der Waals surface area contributed by atoms with E-state index in [0.717, 1.165) is 44.8 Å². The second kappa shape index (κ2) is 6.59. The van der Waals surface area contributed by atoms with E-state index in [9.17, 15) is 0 Å². The van der Waals surface area contributed by atoms with Crippen molar-refractivity contribution in [3.63, 3.8) is 0 Å². The van der Waals surface area contributed by atoms with Crippen LogP contribution in [0.2, 0.25) is 0 Å². The average molecular weight is 274 g/mol. The molecule has 2 aliphatic rings. The Balaban J connectivity index is 1.58. The van der Waals surface area contributed by atoms with Gasteiger partial charge in [-0.05, 0) is 30.4 Å². The van der Waals surface area contributed by atoms with E-state index in [0.29, 0.717) is 0 Å². The molecule has 1 aliphatic heterocycles. The van der Waals surface area contributed by atoms with E-state index in [1.54, 1.807) is 0 Å². The number of nitrogens with one attached hydrogen (secondary N) is 1. The van der Waals surface area contributed by atoms with Crippen molar-refractivity contribution in [1.82, 2.24) is 5.32 Å². The smallest absolute Gasteiger partial charge is 0.0642 e. The third-order valence-corrected chi connectivity index (χ3v) is 4.74. The summed E-state index contributed by atoms with van der Waals surface area (Å²) in [4.78, 5) is 2.45. The van der Waals surface area contributed by atoms with Gasteiger partial charge in [-0.1, -0.05) is 31.5 Å². The van der Waals surface area contributed by atoms with Gasteiger partial charge >= 0.3 is 0 Å². The zero-order valence-corrected chi connectivity index (χ0v) is 12.5. The first-order valence-electron chi connectivity index (χ1n) is 8.00. The minimum atomic E-state index is 0.734. The van der Waals surface area contributed by atoms with Crippen LogP contribution >= 0.6 is 0 Å². The van der Waals surface area contributed by atoms with Crippen molar-refractivity contribution in [2.45, 2.75) is 38.8 Å². The van der Waals surface area contributed by atoms with Crippen molar-refractivity contribution in [1.29, 1.82) is 0 Å². The van der Waals surface area contributed by atoms with E-state index in [2.05, 4.69) is 41.4 Å². The highest BCUT2D eigenvalue weighted by atomic mass is 16.5. The van der Waals surface area contributed by atoms with E-state index < -0.39 is 0 Å². The Bertz CT molecular complexity index is 423. The number of hydrogen-bond donors (Lipinski definition) is 1. The number of ether oxygens (including phenoxy) is 1. The summed E-state index contributed by atoms with van der Waals surface area (Å²) in [5, 5.41) is 3.72. The number of para-hydroxylation sites is 1. The van der Waals surface area contributed by atoms with Crippen LogP contribution in [0.15, 0.2) is 24.3 Å². The van der Waals surface area contributed by atoms with Gasteiger partial charge in [-0.15, -0.1) is 0 Å². The molecule has 3 rings (SSSR count). The number of anilines is 1. The Labute approximate surface area is 122 Å². The topological polar surface area (TPSA) is 24.5 Å². The summed E-state index contributed by atoms with van der Waals surface area (Å²) >= 11 is 0. The molecule has 110 valence electrons. The third-order valence-electron chi connectivity index (χ3n) is 4.74. The summed E-state index contributed by atoms with van der Waals surface area (Å²) in [7, 11) is 0. The quantitative estimate of drug-likeness (QED) is 0.893. The van der Waals surface area contributed by atoms with E-state index in [1.807, 2.05) is 0 Å². The molecule has 20 heavy (non-hydrogen) atoms. The highest BCUT2D eigenvalue weighted by molar-refractivity contribution is 5.53. The molecule has 0 unspecified atom stereocenters. The number of benzene rings is 1. The van der Waals surface area contributed by atoms with Crippen LogP contribution in [-0.2, 0) is 11.3 Å². The molecule has 1 saturated heterocycles. The Morgan fingerprint density at radius 3 is 2.70 bits per heavy atom. The Morgan fingerprint density at radius 2 is 1.95 bits per heavy atom. The number of morpholine rings is 1. The maximum Gasteiger partial charge on any atom is 0.0642 e. The zero-order valence-electron chi connectivity index (χ0n) is 12.5. The predicted octanol–water partition coefficient (Wildman–Crippen LogP) is 2.80. The van der Waals surface area contributed by atoms with Gasteiger partial charge in [0.1, 0.15) is 0 Å². The highest BCUT2D eigenvalue weighted by Gasteiger charge is 2.27. The van der Waals surface area contributed by atoms with Crippen LogP contribution in [0.25, 0.3) is 0 Å². The second-order valence-corrected chi connectivity index (χ2v) is 6.05. The van der Waals surface area contributed by atoms with Crippen molar-refractivity contribution in [3.8, 4) is 0 Å². The average Bonchev–Trinajstić information content (AvgIpc) is 2.47. The number of rotatable bonds is 5. The van der Waals surface area contributed by atoms with Gasteiger partial charge in [0.2, 0.25) is 0 Å². The van der Waals surface area contributed by atoms with Gasteiger partial charge in [-0.3, -0.25) is 0 Å². The lowest BCUT2D eigenvalue weighted by Crippen LogP contribution is -2.41. The normalized spacial score (nSPS) is 26.4. The minimum Gasteiger partial charge on any atom is -0.378 e. The van der Waals surface area contributed by atoms with Crippen molar-refractivity contribution in [2.75, 3.05) is 31.2 Å². The van der Waals surface area contributed by atoms with Crippen LogP contribution in [0.3, 0.4) is 0 Å². The molecule has 1 aromatic rings. The summed E-state index contributed by atoms with van der Waals surface area (Å²) in [5.74, 6) is 0.960. The molecule has 0 amide bonds. The van der Waals surface area contributed by atoms with Gasteiger partial charge < -0.3 is 15.0 Å². The molecule has 0 spiro atoms. The van der Waals surface area contributed by atoms with Gasteiger partial charge in [0.05, 0.1) is 13.2 Å². The summed E-state index contributed by atoms with van der Waals surface area (Å²) in [6.07, 6.45) is 4.05. The molecular weight excluding hydrogens is 248 g/mol. The number of hydrogen-bond acceptors (Lipinski definition) is 3. The molecule has 1 saturated carbocycles. The van der Waals surface area contributed by atoms with Crippen LogP contribution in [0, 0.1) is 5.92 Å². The van der Waals surface area contributed by atoms with E-state index >= 15 is 0 Å². The van der Waals surface area contributed by atoms with Crippen LogP contribution in [-0.4, -0.2) is 32.3 Å². The molecule has 0 radical (unpaired) electrons. The molecule has 1 N–H and O–H groups in total. The summed E-state index contributed by atoms with van der Waals surface area (Å²) in [6.45, 7) is 7.02. The third kappa shape index (κ3) is 3.15. The lowest BCUT2D eigenvalue weighted by Gasteiger charge is -2.36. The van der Waals surface area contributed by atoms with Gasteiger partial charge in [0.15, 0.2) is 0 Å². The van der Waals surface area contributed by atoms with Gasteiger partial charge in [-0.25, -0.2) is 0 Å². The molecule has 1 aliphatic carbocycles. The fourth-order valence-electron chi connectivity index (χ4n) is 3.26. The first-order chi connectivity index (χ1) is 9.86. The number of nitrogens with zero attached hydrogens (tertiary/aromatic N) is 1. The SMILES string of the molecule is CCC1CC(NCc2ccccc2N2CCOCC2)C1. The molecule has 1 heterocycles. The fourth-order valence-corrected chi connectivity index (χ4v) is 3.26. The van der Waals surface area contributed by atoms with Crippen molar-refractivity contribution < 1.29 is 4.74 Å². The highest BCUT2D eigenvalue weighted by Crippen LogP contribution is 2.30. The second-order valence-electron chi connectivity index (χ2n) is 6.05. The predicted molar refractivity (Wildman–Crippen MR) is 83.1 cm³/mol. The van der Waals surface area contributed by atoms with Crippen LogP contribution in [0.1, 0.15) is 31.7 Å². The standard InChI is InChI=1S/C17H26N2O/c1-2-14-11-16(12-14)18-13-15-5-3-4-6-17(15)19-7-9-20-10-8-19/h3-6,14,16,18H,2,7-13H2,1H3. The largest absolute Gasteiger partial charge is 0.378 e. The lowest BCUT2D eigenvalue weighted by molar-refractivity contribution is 0.122. The van der Waals surface area contributed by atoms with E-state index in [4.69, 9.17) is 4.74 Å². The summed E-state index contributed by atoms with van der Waals surface area (Å²) < 4.78 is 5.45. The van der Waals surface area contributed by atoms with Gasteiger partial charge in [0, 0.05) is 31.4 Å². The zero-order chi connectivity index (χ0) is 13.8. The van der Waals surface area contributed by atoms with Crippen molar-refractivity contribution >= 4 is 5.69 Å².